The van der Waals surface area contributed by atoms with Crippen LogP contribution in [-0.2, 0) is 15.6 Å². The van der Waals surface area contributed by atoms with Crippen molar-refractivity contribution in [1.29, 1.82) is 0 Å². The van der Waals surface area contributed by atoms with E-state index in [0.29, 0.717) is 23.0 Å². The number of carbonyl (C=O) groups excluding carboxylic acids is 1. The summed E-state index contributed by atoms with van der Waals surface area (Å²) in [6, 6.07) is 0. The van der Waals surface area contributed by atoms with Gasteiger partial charge in [0, 0.05) is 28.9 Å². The molecule has 1 unspecified atom stereocenters. The van der Waals surface area contributed by atoms with Gasteiger partial charge in [-0.1, -0.05) is 38.4 Å². The first-order valence-electron chi connectivity index (χ1n) is 6.46. The van der Waals surface area contributed by atoms with E-state index in [9.17, 15) is 9.00 Å². The second-order valence-electron chi connectivity index (χ2n) is 4.70. The van der Waals surface area contributed by atoms with Crippen molar-refractivity contribution in [3.05, 3.63) is 0 Å². The van der Waals surface area contributed by atoms with E-state index in [2.05, 4.69) is 5.32 Å². The zero-order valence-corrected chi connectivity index (χ0v) is 12.5. The second-order valence-corrected chi connectivity index (χ2v) is 7.00. The van der Waals surface area contributed by atoms with Crippen LogP contribution in [0.25, 0.3) is 0 Å². The Bertz CT molecular complexity index is 339. The number of amides is 1. The molecule has 0 bridgehead atoms. The molecule has 4 nitrogen and oxygen atoms in total. The largest absolute Gasteiger partial charge is 0.392 e. The first kappa shape index (κ1) is 15.6. The van der Waals surface area contributed by atoms with Gasteiger partial charge in [-0.15, -0.1) is 0 Å². The smallest absolute Gasteiger partial charge is 0.233 e. The summed E-state index contributed by atoms with van der Waals surface area (Å²) < 4.78 is 11.3. The molecule has 18 heavy (non-hydrogen) atoms. The second kappa shape index (κ2) is 7.19. The molecule has 1 rings (SSSR count). The molecule has 0 heterocycles. The van der Waals surface area contributed by atoms with E-state index < -0.39 is 16.2 Å². The molecule has 0 aliphatic heterocycles. The number of thiocarbonyl (C=S) groups is 1. The maximum Gasteiger partial charge on any atom is 0.233 e. The van der Waals surface area contributed by atoms with Crippen LogP contribution in [0.5, 0.6) is 0 Å². The van der Waals surface area contributed by atoms with E-state index in [1.54, 1.807) is 0 Å². The Morgan fingerprint density at radius 2 is 2.00 bits per heavy atom. The van der Waals surface area contributed by atoms with Crippen LogP contribution in [0.2, 0.25) is 0 Å². The zero-order chi connectivity index (χ0) is 13.6. The lowest BCUT2D eigenvalue weighted by atomic mass is 9.73. The molecule has 0 aromatic heterocycles. The fourth-order valence-electron chi connectivity index (χ4n) is 2.33. The van der Waals surface area contributed by atoms with Gasteiger partial charge in [-0.2, -0.15) is 0 Å². The average molecular weight is 290 g/mol. The van der Waals surface area contributed by atoms with E-state index in [0.717, 1.165) is 32.1 Å². The Balaban J connectivity index is 2.55. The summed E-state index contributed by atoms with van der Waals surface area (Å²) in [6.45, 7) is 2.30. The Labute approximate surface area is 117 Å². The molecular formula is C12H22N2O2S2. The summed E-state index contributed by atoms with van der Waals surface area (Å²) in [4.78, 5) is 12.6. The number of nitrogens with one attached hydrogen (secondary N) is 1. The van der Waals surface area contributed by atoms with Gasteiger partial charge in [0.1, 0.15) is 0 Å². The monoisotopic (exact) mass is 290 g/mol. The minimum Gasteiger partial charge on any atom is -0.392 e. The standard InChI is InChI=1S/C12H22N2O2S2/c1-2-18(16)9-8-14-11(15)12(10(13)17)6-4-3-5-7-12/h2-9H2,1H3,(H2,13,17)(H,14,15). The fourth-order valence-corrected chi connectivity index (χ4v) is 3.25. The highest BCUT2D eigenvalue weighted by atomic mass is 32.2. The normalized spacial score (nSPS) is 20.1. The molecule has 0 spiro atoms. The van der Waals surface area contributed by atoms with Gasteiger partial charge < -0.3 is 11.1 Å². The minimum atomic E-state index is -0.851. The van der Waals surface area contributed by atoms with Crippen LogP contribution in [0.4, 0.5) is 0 Å². The van der Waals surface area contributed by atoms with Gasteiger partial charge in [0.15, 0.2) is 0 Å². The van der Waals surface area contributed by atoms with Crippen molar-refractivity contribution in [2.24, 2.45) is 11.1 Å². The van der Waals surface area contributed by atoms with Crippen LogP contribution < -0.4 is 11.1 Å². The topological polar surface area (TPSA) is 72.2 Å². The molecule has 6 heteroatoms. The predicted molar refractivity (Wildman–Crippen MR) is 78.9 cm³/mol. The van der Waals surface area contributed by atoms with Gasteiger partial charge in [-0.25, -0.2) is 0 Å². The third kappa shape index (κ3) is 3.75. The third-order valence-corrected chi connectivity index (χ3v) is 5.24. The highest BCUT2D eigenvalue weighted by molar-refractivity contribution is 7.84. The number of rotatable bonds is 6. The molecule has 1 fully saturated rings. The highest BCUT2D eigenvalue weighted by Gasteiger charge is 2.42. The molecule has 1 aliphatic carbocycles. The molecule has 0 aromatic rings. The van der Waals surface area contributed by atoms with E-state index in [4.69, 9.17) is 18.0 Å². The van der Waals surface area contributed by atoms with Crippen LogP contribution >= 0.6 is 12.2 Å². The van der Waals surface area contributed by atoms with Crippen molar-refractivity contribution in [1.82, 2.24) is 5.32 Å². The van der Waals surface area contributed by atoms with Gasteiger partial charge in [0.05, 0.1) is 10.4 Å². The molecule has 1 amide bonds. The van der Waals surface area contributed by atoms with Crippen LogP contribution in [0.15, 0.2) is 0 Å². The molecule has 104 valence electrons. The molecular weight excluding hydrogens is 268 g/mol. The maximum absolute atomic E-state index is 12.3. The number of carbonyl (C=O) groups is 1. The minimum absolute atomic E-state index is 0.0807. The third-order valence-electron chi connectivity index (χ3n) is 3.55. The van der Waals surface area contributed by atoms with Crippen molar-refractivity contribution in [3.8, 4) is 0 Å². The lowest BCUT2D eigenvalue weighted by Crippen LogP contribution is -2.50. The van der Waals surface area contributed by atoms with Crippen LogP contribution in [0.3, 0.4) is 0 Å². The number of nitrogens with two attached hydrogens (primary N) is 1. The van der Waals surface area contributed by atoms with E-state index in [1.807, 2.05) is 6.92 Å². The van der Waals surface area contributed by atoms with Crippen LogP contribution in [-0.4, -0.2) is 33.2 Å². The predicted octanol–water partition coefficient (Wildman–Crippen LogP) is 1.11. The lowest BCUT2D eigenvalue weighted by molar-refractivity contribution is -0.128. The van der Waals surface area contributed by atoms with Gasteiger partial charge in [0.25, 0.3) is 0 Å². The Kier molecular flexibility index (Phi) is 6.21. The summed E-state index contributed by atoms with van der Waals surface area (Å²) in [5.74, 6) is 1.04. The van der Waals surface area contributed by atoms with Crippen molar-refractivity contribution >= 4 is 33.9 Å². The first-order valence-corrected chi connectivity index (χ1v) is 8.35. The van der Waals surface area contributed by atoms with Crippen molar-refractivity contribution in [3.63, 3.8) is 0 Å². The quantitative estimate of drug-likeness (QED) is 0.719. The molecule has 1 aliphatic rings. The fraction of sp³-hybridized carbons (Fsp3) is 0.833. The summed E-state index contributed by atoms with van der Waals surface area (Å²) in [5, 5.41) is 2.84. The molecule has 0 saturated heterocycles. The Hall–Kier alpha value is -0.490. The SMILES string of the molecule is CCS(=O)CCNC(=O)C1(C(N)=S)CCCCC1. The molecule has 0 radical (unpaired) electrons. The van der Waals surface area contributed by atoms with Gasteiger partial charge in [-0.3, -0.25) is 9.00 Å². The van der Waals surface area contributed by atoms with Crippen LogP contribution in [0, 0.1) is 5.41 Å². The number of hydrogen-bond donors (Lipinski definition) is 2. The Morgan fingerprint density at radius 1 is 1.39 bits per heavy atom. The summed E-state index contributed by atoms with van der Waals surface area (Å²) in [5.41, 5.74) is 5.11. The molecule has 1 atom stereocenters. The van der Waals surface area contributed by atoms with E-state index in [1.165, 1.54) is 0 Å². The zero-order valence-electron chi connectivity index (χ0n) is 10.9. The van der Waals surface area contributed by atoms with Crippen molar-refractivity contribution in [2.75, 3.05) is 18.1 Å². The molecule has 3 N–H and O–H groups in total. The maximum atomic E-state index is 12.3. The first-order chi connectivity index (χ1) is 8.53. The van der Waals surface area contributed by atoms with Gasteiger partial charge in [0.2, 0.25) is 5.91 Å². The van der Waals surface area contributed by atoms with Crippen molar-refractivity contribution < 1.29 is 9.00 Å². The average Bonchev–Trinajstić information content (AvgIpc) is 2.38. The lowest BCUT2D eigenvalue weighted by Gasteiger charge is -2.34. The Morgan fingerprint density at radius 3 is 2.50 bits per heavy atom. The highest BCUT2D eigenvalue weighted by Crippen LogP contribution is 2.36. The van der Waals surface area contributed by atoms with Crippen molar-refractivity contribution in [2.45, 2.75) is 39.0 Å². The summed E-state index contributed by atoms with van der Waals surface area (Å²) in [6.07, 6.45) is 4.60. The number of hydrogen-bond acceptors (Lipinski definition) is 3. The van der Waals surface area contributed by atoms with Gasteiger partial charge >= 0.3 is 0 Å². The van der Waals surface area contributed by atoms with E-state index >= 15 is 0 Å². The van der Waals surface area contributed by atoms with E-state index in [-0.39, 0.29) is 5.91 Å². The summed E-state index contributed by atoms with van der Waals surface area (Å²) >= 11 is 5.09. The van der Waals surface area contributed by atoms with Gasteiger partial charge in [-0.05, 0) is 12.8 Å². The van der Waals surface area contributed by atoms with Crippen LogP contribution in [0.1, 0.15) is 39.0 Å². The molecule has 1 saturated carbocycles. The summed E-state index contributed by atoms with van der Waals surface area (Å²) in [7, 11) is -0.851. The molecule has 0 aromatic carbocycles.